The van der Waals surface area contributed by atoms with Crippen LogP contribution in [0.3, 0.4) is 0 Å². The lowest BCUT2D eigenvalue weighted by Crippen LogP contribution is -2.37. The molecule has 1 heterocycles. The van der Waals surface area contributed by atoms with Crippen molar-refractivity contribution in [3.05, 3.63) is 66.0 Å². The minimum Gasteiger partial charge on any atom is -0.355 e. The molecule has 2 aromatic rings. The summed E-state index contributed by atoms with van der Waals surface area (Å²) >= 11 is 0. The molecule has 0 saturated carbocycles. The fourth-order valence-corrected chi connectivity index (χ4v) is 2.90. The second-order valence-electron chi connectivity index (χ2n) is 5.83. The summed E-state index contributed by atoms with van der Waals surface area (Å²) in [5, 5.41) is 2.84. The van der Waals surface area contributed by atoms with Crippen molar-refractivity contribution < 1.29 is 14.0 Å². The van der Waals surface area contributed by atoms with Crippen LogP contribution in [-0.2, 0) is 16.0 Å². The molecule has 2 aromatic carbocycles. The molecular formula is C19H19FN2O2. The molecular weight excluding hydrogens is 307 g/mol. The Kier molecular flexibility index (Phi) is 4.89. The fraction of sp³-hybridized carbons (Fsp3) is 0.263. The van der Waals surface area contributed by atoms with Crippen molar-refractivity contribution >= 4 is 17.5 Å². The van der Waals surface area contributed by atoms with E-state index in [0.29, 0.717) is 25.2 Å². The van der Waals surface area contributed by atoms with Crippen molar-refractivity contribution in [1.82, 2.24) is 5.32 Å². The van der Waals surface area contributed by atoms with E-state index in [1.165, 1.54) is 12.1 Å². The van der Waals surface area contributed by atoms with Gasteiger partial charge in [0.05, 0.1) is 0 Å². The third-order valence-electron chi connectivity index (χ3n) is 4.22. The molecule has 1 fully saturated rings. The first-order valence-corrected chi connectivity index (χ1v) is 8.04. The Balaban J connectivity index is 1.54. The molecule has 3 rings (SSSR count). The number of halogens is 1. The summed E-state index contributed by atoms with van der Waals surface area (Å²) in [4.78, 5) is 26.2. The molecule has 1 atom stereocenters. The zero-order valence-electron chi connectivity index (χ0n) is 13.2. The van der Waals surface area contributed by atoms with E-state index in [2.05, 4.69) is 5.32 Å². The summed E-state index contributed by atoms with van der Waals surface area (Å²) in [5.74, 6) is -1.47. The van der Waals surface area contributed by atoms with Gasteiger partial charge in [0.2, 0.25) is 11.8 Å². The summed E-state index contributed by atoms with van der Waals surface area (Å²) in [6.07, 6.45) is 1.21. The van der Waals surface area contributed by atoms with Crippen molar-refractivity contribution in [2.75, 3.05) is 18.0 Å². The molecule has 0 radical (unpaired) electrons. The maximum absolute atomic E-state index is 13.0. The van der Waals surface area contributed by atoms with Gasteiger partial charge in [0.1, 0.15) is 11.7 Å². The number of carbonyl (C=O) groups excluding carboxylic acids is 2. The Labute approximate surface area is 140 Å². The van der Waals surface area contributed by atoms with Crippen LogP contribution in [0.5, 0.6) is 0 Å². The van der Waals surface area contributed by atoms with Crippen LogP contribution in [0.25, 0.3) is 0 Å². The molecule has 0 aliphatic carbocycles. The number of hydrogen-bond acceptors (Lipinski definition) is 2. The summed E-state index contributed by atoms with van der Waals surface area (Å²) < 4.78 is 13.0. The predicted molar refractivity (Wildman–Crippen MR) is 90.0 cm³/mol. The Morgan fingerprint density at radius 3 is 2.54 bits per heavy atom. The number of amides is 2. The lowest BCUT2D eigenvalue weighted by atomic mass is 10.1. The summed E-state index contributed by atoms with van der Waals surface area (Å²) in [6, 6.07) is 15.6. The van der Waals surface area contributed by atoms with Gasteiger partial charge >= 0.3 is 0 Å². The first-order chi connectivity index (χ1) is 11.6. The van der Waals surface area contributed by atoms with E-state index >= 15 is 0 Å². The number of carbonyl (C=O) groups is 2. The van der Waals surface area contributed by atoms with Gasteiger partial charge in [-0.3, -0.25) is 9.59 Å². The standard InChI is InChI=1S/C19H19FN2O2/c20-15-6-8-16(9-7-15)22-13-11-17(19(22)24)18(23)21-12-10-14-4-2-1-3-5-14/h1-9,17H,10-13H2,(H,21,23)/t17-/m1/s1. The van der Waals surface area contributed by atoms with E-state index in [1.807, 2.05) is 30.3 Å². The highest BCUT2D eigenvalue weighted by Gasteiger charge is 2.37. The summed E-state index contributed by atoms with van der Waals surface area (Å²) in [6.45, 7) is 0.977. The van der Waals surface area contributed by atoms with Gasteiger partial charge in [0, 0.05) is 18.8 Å². The first kappa shape index (κ1) is 16.2. The molecule has 124 valence electrons. The predicted octanol–water partition coefficient (Wildman–Crippen LogP) is 2.54. The molecule has 5 heteroatoms. The Morgan fingerprint density at radius 1 is 1.12 bits per heavy atom. The molecule has 4 nitrogen and oxygen atoms in total. The highest BCUT2D eigenvalue weighted by atomic mass is 19.1. The van der Waals surface area contributed by atoms with Gasteiger partial charge in [-0.2, -0.15) is 0 Å². The van der Waals surface area contributed by atoms with Gasteiger partial charge in [-0.05, 0) is 42.7 Å². The minimum atomic E-state index is -0.661. The Morgan fingerprint density at radius 2 is 1.83 bits per heavy atom. The Hall–Kier alpha value is -2.69. The molecule has 2 amide bonds. The van der Waals surface area contributed by atoms with E-state index < -0.39 is 5.92 Å². The van der Waals surface area contributed by atoms with Crippen LogP contribution in [0.4, 0.5) is 10.1 Å². The van der Waals surface area contributed by atoms with Crippen molar-refractivity contribution in [3.8, 4) is 0 Å². The third kappa shape index (κ3) is 3.62. The van der Waals surface area contributed by atoms with Crippen LogP contribution < -0.4 is 10.2 Å². The van der Waals surface area contributed by atoms with E-state index in [9.17, 15) is 14.0 Å². The van der Waals surface area contributed by atoms with Crippen LogP contribution in [0.15, 0.2) is 54.6 Å². The zero-order valence-corrected chi connectivity index (χ0v) is 13.2. The van der Waals surface area contributed by atoms with Gasteiger partial charge in [-0.15, -0.1) is 0 Å². The topological polar surface area (TPSA) is 49.4 Å². The second-order valence-corrected chi connectivity index (χ2v) is 5.83. The molecule has 24 heavy (non-hydrogen) atoms. The Bertz CT molecular complexity index is 716. The smallest absolute Gasteiger partial charge is 0.239 e. The summed E-state index contributed by atoms with van der Waals surface area (Å²) in [5.41, 5.74) is 1.77. The molecule has 1 aliphatic heterocycles. The van der Waals surface area contributed by atoms with Crippen molar-refractivity contribution in [2.45, 2.75) is 12.8 Å². The molecule has 1 N–H and O–H groups in total. The van der Waals surface area contributed by atoms with Crippen molar-refractivity contribution in [3.63, 3.8) is 0 Å². The number of nitrogens with one attached hydrogen (secondary N) is 1. The van der Waals surface area contributed by atoms with E-state index in [0.717, 1.165) is 12.0 Å². The van der Waals surface area contributed by atoms with Crippen LogP contribution in [0.1, 0.15) is 12.0 Å². The number of nitrogens with zero attached hydrogens (tertiary/aromatic N) is 1. The molecule has 0 spiro atoms. The van der Waals surface area contributed by atoms with Gasteiger partial charge in [0.25, 0.3) is 0 Å². The number of rotatable bonds is 5. The maximum Gasteiger partial charge on any atom is 0.239 e. The zero-order chi connectivity index (χ0) is 16.9. The highest BCUT2D eigenvalue weighted by molar-refractivity contribution is 6.09. The molecule has 1 saturated heterocycles. The third-order valence-corrected chi connectivity index (χ3v) is 4.22. The molecule has 1 aliphatic rings. The fourth-order valence-electron chi connectivity index (χ4n) is 2.90. The van der Waals surface area contributed by atoms with Crippen LogP contribution in [0, 0.1) is 11.7 Å². The maximum atomic E-state index is 13.0. The second kappa shape index (κ2) is 7.25. The van der Waals surface area contributed by atoms with Gasteiger partial charge < -0.3 is 10.2 Å². The van der Waals surface area contributed by atoms with Gasteiger partial charge in [0.15, 0.2) is 0 Å². The van der Waals surface area contributed by atoms with Crippen LogP contribution in [-0.4, -0.2) is 24.9 Å². The van der Waals surface area contributed by atoms with Crippen LogP contribution in [0.2, 0.25) is 0 Å². The summed E-state index contributed by atoms with van der Waals surface area (Å²) in [7, 11) is 0. The molecule has 0 bridgehead atoms. The van der Waals surface area contributed by atoms with Crippen molar-refractivity contribution in [1.29, 1.82) is 0 Å². The number of benzene rings is 2. The molecule has 0 unspecified atom stereocenters. The number of hydrogen-bond donors (Lipinski definition) is 1. The van der Waals surface area contributed by atoms with E-state index in [4.69, 9.17) is 0 Å². The average molecular weight is 326 g/mol. The SMILES string of the molecule is O=C(NCCc1ccccc1)[C@H]1CCN(c2ccc(F)cc2)C1=O. The van der Waals surface area contributed by atoms with Crippen LogP contribution >= 0.6 is 0 Å². The largest absolute Gasteiger partial charge is 0.355 e. The van der Waals surface area contributed by atoms with Crippen molar-refractivity contribution in [2.24, 2.45) is 5.92 Å². The quantitative estimate of drug-likeness (QED) is 0.859. The minimum absolute atomic E-state index is 0.223. The normalized spacial score (nSPS) is 17.1. The lowest BCUT2D eigenvalue weighted by molar-refractivity contribution is -0.132. The average Bonchev–Trinajstić information content (AvgIpc) is 2.98. The van der Waals surface area contributed by atoms with E-state index in [1.54, 1.807) is 17.0 Å². The monoisotopic (exact) mass is 326 g/mol. The van der Waals surface area contributed by atoms with E-state index in [-0.39, 0.29) is 17.6 Å². The molecule has 0 aromatic heterocycles. The first-order valence-electron chi connectivity index (χ1n) is 8.04. The van der Waals surface area contributed by atoms with Gasteiger partial charge in [-0.1, -0.05) is 30.3 Å². The highest BCUT2D eigenvalue weighted by Crippen LogP contribution is 2.25. The van der Waals surface area contributed by atoms with Gasteiger partial charge in [-0.25, -0.2) is 4.39 Å². The lowest BCUT2D eigenvalue weighted by Gasteiger charge is -2.16. The number of anilines is 1.